The molecule has 1 aliphatic carbocycles. The molecule has 92 valence electrons. The van der Waals surface area contributed by atoms with E-state index in [1.807, 2.05) is 30.3 Å². The summed E-state index contributed by atoms with van der Waals surface area (Å²) in [5.74, 6) is 1.00. The maximum absolute atomic E-state index is 12.1. The standard InChI is InChI=1S/C15H13ClOS/c16-15-7-6-11(18-15)8-14(17)13-9-12(13)10-4-2-1-3-5-10/h1-7,12-13H,8-9H2. The van der Waals surface area contributed by atoms with Gasteiger partial charge in [0.2, 0.25) is 0 Å². The highest BCUT2D eigenvalue weighted by molar-refractivity contribution is 7.16. The minimum atomic E-state index is 0.216. The lowest BCUT2D eigenvalue weighted by Gasteiger charge is -1.99. The number of benzene rings is 1. The van der Waals surface area contributed by atoms with Gasteiger partial charge >= 0.3 is 0 Å². The van der Waals surface area contributed by atoms with E-state index in [4.69, 9.17) is 11.6 Å². The largest absolute Gasteiger partial charge is 0.299 e. The molecule has 1 nitrogen and oxygen atoms in total. The quantitative estimate of drug-likeness (QED) is 0.813. The van der Waals surface area contributed by atoms with Crippen molar-refractivity contribution in [2.24, 2.45) is 5.92 Å². The van der Waals surface area contributed by atoms with Gasteiger partial charge in [-0.05, 0) is 30.0 Å². The fraction of sp³-hybridized carbons (Fsp3) is 0.267. The van der Waals surface area contributed by atoms with Crippen LogP contribution in [0.15, 0.2) is 42.5 Å². The van der Waals surface area contributed by atoms with Crippen LogP contribution in [0.5, 0.6) is 0 Å². The van der Waals surface area contributed by atoms with Gasteiger partial charge in [0.25, 0.3) is 0 Å². The Morgan fingerprint density at radius 3 is 2.67 bits per heavy atom. The molecule has 2 atom stereocenters. The van der Waals surface area contributed by atoms with Gasteiger partial charge in [-0.1, -0.05) is 41.9 Å². The second kappa shape index (κ2) is 4.87. The van der Waals surface area contributed by atoms with E-state index in [-0.39, 0.29) is 5.92 Å². The van der Waals surface area contributed by atoms with E-state index >= 15 is 0 Å². The average Bonchev–Trinajstić information content (AvgIpc) is 3.09. The van der Waals surface area contributed by atoms with Crippen molar-refractivity contribution in [1.29, 1.82) is 0 Å². The van der Waals surface area contributed by atoms with Crippen LogP contribution in [0.4, 0.5) is 0 Å². The van der Waals surface area contributed by atoms with Crippen molar-refractivity contribution < 1.29 is 4.79 Å². The zero-order valence-electron chi connectivity index (χ0n) is 9.80. The van der Waals surface area contributed by atoms with Crippen molar-refractivity contribution in [3.63, 3.8) is 0 Å². The minimum Gasteiger partial charge on any atom is -0.299 e. The highest BCUT2D eigenvalue weighted by Crippen LogP contribution is 2.48. The maximum Gasteiger partial charge on any atom is 0.141 e. The van der Waals surface area contributed by atoms with Crippen molar-refractivity contribution in [3.8, 4) is 0 Å². The second-order valence-electron chi connectivity index (χ2n) is 4.71. The highest BCUT2D eigenvalue weighted by Gasteiger charge is 2.43. The van der Waals surface area contributed by atoms with Crippen LogP contribution in [-0.4, -0.2) is 5.78 Å². The number of halogens is 1. The predicted molar refractivity (Wildman–Crippen MR) is 75.3 cm³/mol. The van der Waals surface area contributed by atoms with Crippen molar-refractivity contribution >= 4 is 28.7 Å². The van der Waals surface area contributed by atoms with Crippen molar-refractivity contribution in [3.05, 3.63) is 57.2 Å². The third kappa shape index (κ3) is 2.50. The highest BCUT2D eigenvalue weighted by atomic mass is 35.5. The van der Waals surface area contributed by atoms with Gasteiger partial charge in [0, 0.05) is 17.2 Å². The number of hydrogen-bond donors (Lipinski definition) is 0. The summed E-state index contributed by atoms with van der Waals surface area (Å²) in [6.07, 6.45) is 1.54. The van der Waals surface area contributed by atoms with Crippen LogP contribution in [-0.2, 0) is 11.2 Å². The summed E-state index contributed by atoms with van der Waals surface area (Å²) in [6.45, 7) is 0. The molecule has 18 heavy (non-hydrogen) atoms. The van der Waals surface area contributed by atoms with Gasteiger partial charge in [0.15, 0.2) is 0 Å². The third-order valence-corrected chi connectivity index (χ3v) is 4.64. The molecule has 3 rings (SSSR count). The third-order valence-electron chi connectivity index (χ3n) is 3.41. The Balaban J connectivity index is 1.63. The number of hydrogen-bond acceptors (Lipinski definition) is 2. The first kappa shape index (κ1) is 11.9. The Kier molecular flexibility index (Phi) is 3.23. The summed E-state index contributed by atoms with van der Waals surface area (Å²) in [7, 11) is 0. The SMILES string of the molecule is O=C(Cc1ccc(Cl)s1)C1CC1c1ccccc1. The van der Waals surface area contributed by atoms with Crippen LogP contribution >= 0.6 is 22.9 Å². The molecule has 0 radical (unpaired) electrons. The van der Waals surface area contributed by atoms with Crippen LogP contribution < -0.4 is 0 Å². The van der Waals surface area contributed by atoms with E-state index in [0.29, 0.717) is 18.1 Å². The minimum absolute atomic E-state index is 0.216. The molecular weight excluding hydrogens is 264 g/mol. The van der Waals surface area contributed by atoms with E-state index in [1.54, 1.807) is 0 Å². The lowest BCUT2D eigenvalue weighted by molar-refractivity contribution is -0.119. The zero-order chi connectivity index (χ0) is 12.5. The molecule has 1 heterocycles. The molecule has 1 saturated carbocycles. The molecule has 0 spiro atoms. The number of rotatable bonds is 4. The fourth-order valence-electron chi connectivity index (χ4n) is 2.37. The zero-order valence-corrected chi connectivity index (χ0v) is 11.4. The summed E-state index contributed by atoms with van der Waals surface area (Å²) in [6, 6.07) is 14.1. The summed E-state index contributed by atoms with van der Waals surface area (Å²) in [5, 5.41) is 0. The molecule has 0 amide bonds. The van der Waals surface area contributed by atoms with Crippen molar-refractivity contribution in [1.82, 2.24) is 0 Å². The van der Waals surface area contributed by atoms with Crippen LogP contribution in [0.1, 0.15) is 22.8 Å². The fourth-order valence-corrected chi connectivity index (χ4v) is 3.47. The molecule has 1 aromatic carbocycles. The van der Waals surface area contributed by atoms with Gasteiger partial charge in [0.1, 0.15) is 5.78 Å². The number of thiophene rings is 1. The summed E-state index contributed by atoms with van der Waals surface area (Å²) >= 11 is 7.37. The Hall–Kier alpha value is -1.12. The second-order valence-corrected chi connectivity index (χ2v) is 6.51. The lowest BCUT2D eigenvalue weighted by atomic mass is 10.1. The molecule has 3 heteroatoms. The molecule has 2 aromatic rings. The molecule has 1 aromatic heterocycles. The molecule has 0 N–H and O–H groups in total. The van der Waals surface area contributed by atoms with Crippen molar-refractivity contribution in [2.75, 3.05) is 0 Å². The Morgan fingerprint density at radius 1 is 1.22 bits per heavy atom. The van der Waals surface area contributed by atoms with Crippen LogP contribution in [0.2, 0.25) is 4.34 Å². The van der Waals surface area contributed by atoms with Gasteiger partial charge < -0.3 is 0 Å². The normalized spacial score (nSPS) is 21.8. The van der Waals surface area contributed by atoms with E-state index in [9.17, 15) is 4.79 Å². The smallest absolute Gasteiger partial charge is 0.141 e. The number of carbonyl (C=O) groups excluding carboxylic acids is 1. The molecule has 0 bridgehead atoms. The predicted octanol–water partition coefficient (Wildman–Crippen LogP) is 4.32. The Bertz CT molecular complexity index is 561. The monoisotopic (exact) mass is 276 g/mol. The summed E-state index contributed by atoms with van der Waals surface area (Å²) < 4.78 is 0.758. The van der Waals surface area contributed by atoms with E-state index in [0.717, 1.165) is 15.6 Å². The number of ketones is 1. The first-order valence-electron chi connectivity index (χ1n) is 6.06. The van der Waals surface area contributed by atoms with E-state index in [1.165, 1.54) is 16.9 Å². The Morgan fingerprint density at radius 2 is 2.00 bits per heavy atom. The number of Topliss-reactive ketones (excluding diaryl/α,β-unsaturated/α-hetero) is 1. The van der Waals surface area contributed by atoms with Gasteiger partial charge in [-0.15, -0.1) is 11.3 Å². The summed E-state index contributed by atoms with van der Waals surface area (Å²) in [5.41, 5.74) is 1.29. The average molecular weight is 277 g/mol. The summed E-state index contributed by atoms with van der Waals surface area (Å²) in [4.78, 5) is 13.2. The van der Waals surface area contributed by atoms with E-state index < -0.39 is 0 Å². The Labute approximate surface area is 115 Å². The first-order chi connectivity index (χ1) is 8.74. The van der Waals surface area contributed by atoms with Crippen LogP contribution in [0.25, 0.3) is 0 Å². The molecule has 1 aliphatic rings. The van der Waals surface area contributed by atoms with Gasteiger partial charge in [-0.3, -0.25) is 4.79 Å². The molecule has 2 unspecified atom stereocenters. The first-order valence-corrected chi connectivity index (χ1v) is 7.25. The topological polar surface area (TPSA) is 17.1 Å². The van der Waals surface area contributed by atoms with Crippen LogP contribution in [0, 0.1) is 5.92 Å². The van der Waals surface area contributed by atoms with Gasteiger partial charge in [0.05, 0.1) is 4.34 Å². The van der Waals surface area contributed by atoms with Crippen molar-refractivity contribution in [2.45, 2.75) is 18.8 Å². The van der Waals surface area contributed by atoms with E-state index in [2.05, 4.69) is 12.1 Å². The van der Waals surface area contributed by atoms with Crippen LogP contribution in [0.3, 0.4) is 0 Å². The molecule has 0 saturated heterocycles. The molecule has 1 fully saturated rings. The van der Waals surface area contributed by atoms with Gasteiger partial charge in [-0.25, -0.2) is 0 Å². The lowest BCUT2D eigenvalue weighted by Crippen LogP contribution is -2.05. The number of carbonyl (C=O) groups is 1. The molecular formula is C15H13ClOS. The maximum atomic E-state index is 12.1. The molecule has 0 aliphatic heterocycles. The van der Waals surface area contributed by atoms with Gasteiger partial charge in [-0.2, -0.15) is 0 Å².